The summed E-state index contributed by atoms with van der Waals surface area (Å²) >= 11 is 0. The molecule has 0 saturated heterocycles. The normalized spacial score (nSPS) is 18.2. The second-order valence-electron chi connectivity index (χ2n) is 3.90. The van der Waals surface area contributed by atoms with E-state index in [2.05, 4.69) is 10.2 Å². The van der Waals surface area contributed by atoms with E-state index in [1.807, 2.05) is 6.07 Å². The summed E-state index contributed by atoms with van der Waals surface area (Å²) < 4.78 is 0. The number of H-pyrrole nitrogens is 1. The highest BCUT2D eigenvalue weighted by Crippen LogP contribution is 2.27. The Balaban J connectivity index is 1.92. The van der Waals surface area contributed by atoms with Gasteiger partial charge in [0.05, 0.1) is 18.0 Å². The fourth-order valence-electron chi connectivity index (χ4n) is 2.11. The Morgan fingerprint density at radius 2 is 2.23 bits per heavy atom. The summed E-state index contributed by atoms with van der Waals surface area (Å²) in [5.41, 5.74) is 1.93. The number of nitrogens with zero attached hydrogens (tertiary/aromatic N) is 1. The van der Waals surface area contributed by atoms with Gasteiger partial charge < -0.3 is 5.11 Å². The zero-order valence-corrected chi connectivity index (χ0v) is 7.79. The molecule has 2 rings (SSSR count). The van der Waals surface area contributed by atoms with Gasteiger partial charge in [0.15, 0.2) is 0 Å². The molecular weight excluding hydrogens is 164 g/mol. The molecule has 0 atom stereocenters. The third-order valence-electron chi connectivity index (χ3n) is 2.83. The lowest BCUT2D eigenvalue weighted by molar-refractivity contribution is 0.276. The second-order valence-corrected chi connectivity index (χ2v) is 3.90. The minimum Gasteiger partial charge on any atom is -0.390 e. The van der Waals surface area contributed by atoms with Crippen molar-refractivity contribution in [3.05, 3.63) is 17.5 Å². The lowest BCUT2D eigenvalue weighted by Crippen LogP contribution is -1.98. The number of hydrogen-bond acceptors (Lipinski definition) is 2. The molecule has 1 aromatic heterocycles. The molecule has 0 aliphatic heterocycles. The second kappa shape index (κ2) is 3.92. The van der Waals surface area contributed by atoms with Gasteiger partial charge in [-0.05, 0) is 18.4 Å². The molecule has 72 valence electrons. The van der Waals surface area contributed by atoms with Gasteiger partial charge in [-0.25, -0.2) is 0 Å². The van der Waals surface area contributed by atoms with Crippen LogP contribution >= 0.6 is 0 Å². The Bertz CT molecular complexity index is 264. The molecular formula is C10H16N2O. The van der Waals surface area contributed by atoms with Crippen LogP contribution in [0.3, 0.4) is 0 Å². The number of rotatable bonds is 3. The topological polar surface area (TPSA) is 48.9 Å². The fraction of sp³-hybridized carbons (Fsp3) is 0.700. The van der Waals surface area contributed by atoms with Gasteiger partial charge in [-0.15, -0.1) is 0 Å². The van der Waals surface area contributed by atoms with Crippen LogP contribution < -0.4 is 0 Å². The monoisotopic (exact) mass is 180 g/mol. The highest BCUT2D eigenvalue weighted by molar-refractivity contribution is 5.08. The molecule has 0 bridgehead atoms. The SMILES string of the molecule is OCc1cc(CC2CCCC2)n[nH]1. The maximum atomic E-state index is 8.84. The van der Waals surface area contributed by atoms with Gasteiger partial charge in [0.2, 0.25) is 0 Å². The van der Waals surface area contributed by atoms with Crippen molar-refractivity contribution in [2.75, 3.05) is 0 Å². The molecule has 0 amide bonds. The van der Waals surface area contributed by atoms with Crippen molar-refractivity contribution in [1.82, 2.24) is 10.2 Å². The van der Waals surface area contributed by atoms with E-state index in [0.717, 1.165) is 23.7 Å². The summed E-state index contributed by atoms with van der Waals surface area (Å²) in [5.74, 6) is 0.829. The third-order valence-corrected chi connectivity index (χ3v) is 2.83. The van der Waals surface area contributed by atoms with Crippen LogP contribution in [0.2, 0.25) is 0 Å². The van der Waals surface area contributed by atoms with Gasteiger partial charge in [0.25, 0.3) is 0 Å². The summed E-state index contributed by atoms with van der Waals surface area (Å²) in [4.78, 5) is 0. The molecule has 0 spiro atoms. The summed E-state index contributed by atoms with van der Waals surface area (Å²) in [5, 5.41) is 15.8. The average molecular weight is 180 g/mol. The van der Waals surface area contributed by atoms with Crippen molar-refractivity contribution in [1.29, 1.82) is 0 Å². The van der Waals surface area contributed by atoms with Crippen LogP contribution in [0.5, 0.6) is 0 Å². The third kappa shape index (κ3) is 2.10. The van der Waals surface area contributed by atoms with Crippen molar-refractivity contribution in [2.45, 2.75) is 38.7 Å². The summed E-state index contributed by atoms with van der Waals surface area (Å²) in [7, 11) is 0. The van der Waals surface area contributed by atoms with Crippen molar-refractivity contribution in [3.8, 4) is 0 Å². The van der Waals surface area contributed by atoms with E-state index in [9.17, 15) is 0 Å². The molecule has 0 aromatic carbocycles. The zero-order chi connectivity index (χ0) is 9.10. The zero-order valence-electron chi connectivity index (χ0n) is 7.79. The van der Waals surface area contributed by atoms with Crippen LogP contribution in [0.25, 0.3) is 0 Å². The van der Waals surface area contributed by atoms with Gasteiger partial charge in [0, 0.05) is 0 Å². The van der Waals surface area contributed by atoms with Crippen molar-refractivity contribution >= 4 is 0 Å². The van der Waals surface area contributed by atoms with E-state index in [-0.39, 0.29) is 6.61 Å². The Morgan fingerprint density at radius 1 is 1.46 bits per heavy atom. The largest absolute Gasteiger partial charge is 0.390 e. The number of aliphatic hydroxyl groups is 1. The van der Waals surface area contributed by atoms with E-state index in [4.69, 9.17) is 5.11 Å². The highest BCUT2D eigenvalue weighted by atomic mass is 16.3. The molecule has 1 fully saturated rings. The van der Waals surface area contributed by atoms with Crippen LogP contribution in [-0.2, 0) is 13.0 Å². The first kappa shape index (κ1) is 8.75. The Hall–Kier alpha value is -0.830. The van der Waals surface area contributed by atoms with E-state index in [1.54, 1.807) is 0 Å². The first-order valence-corrected chi connectivity index (χ1v) is 5.02. The maximum absolute atomic E-state index is 8.84. The smallest absolute Gasteiger partial charge is 0.0847 e. The Labute approximate surface area is 78.2 Å². The van der Waals surface area contributed by atoms with Crippen LogP contribution in [0.15, 0.2) is 6.07 Å². The van der Waals surface area contributed by atoms with Crippen LogP contribution in [0, 0.1) is 5.92 Å². The van der Waals surface area contributed by atoms with E-state index < -0.39 is 0 Å². The molecule has 13 heavy (non-hydrogen) atoms. The highest BCUT2D eigenvalue weighted by Gasteiger charge is 2.16. The molecule has 0 radical (unpaired) electrons. The van der Waals surface area contributed by atoms with Crippen molar-refractivity contribution < 1.29 is 5.11 Å². The summed E-state index contributed by atoms with van der Waals surface area (Å²) in [6.07, 6.45) is 6.53. The molecule has 3 nitrogen and oxygen atoms in total. The van der Waals surface area contributed by atoms with Gasteiger partial charge >= 0.3 is 0 Å². The molecule has 2 N–H and O–H groups in total. The summed E-state index contributed by atoms with van der Waals surface area (Å²) in [6, 6.07) is 1.97. The number of nitrogens with one attached hydrogen (secondary N) is 1. The Kier molecular flexibility index (Phi) is 2.64. The first-order chi connectivity index (χ1) is 6.38. The minimum absolute atomic E-state index is 0.0671. The predicted octanol–water partition coefficient (Wildman–Crippen LogP) is 1.63. The van der Waals surface area contributed by atoms with Crippen LogP contribution in [0.1, 0.15) is 37.1 Å². The summed E-state index contributed by atoms with van der Waals surface area (Å²) in [6.45, 7) is 0.0671. The lowest BCUT2D eigenvalue weighted by atomic mass is 10.0. The first-order valence-electron chi connectivity index (χ1n) is 5.02. The van der Waals surface area contributed by atoms with Gasteiger partial charge in [-0.1, -0.05) is 25.7 Å². The molecule has 1 saturated carbocycles. The molecule has 3 heteroatoms. The van der Waals surface area contributed by atoms with E-state index in [0.29, 0.717) is 0 Å². The van der Waals surface area contributed by atoms with Gasteiger partial charge in [0.1, 0.15) is 0 Å². The minimum atomic E-state index is 0.0671. The van der Waals surface area contributed by atoms with E-state index in [1.165, 1.54) is 25.7 Å². The molecule has 1 heterocycles. The number of aromatic nitrogens is 2. The van der Waals surface area contributed by atoms with Crippen molar-refractivity contribution in [2.24, 2.45) is 5.92 Å². The number of hydrogen-bond donors (Lipinski definition) is 2. The molecule has 1 aliphatic carbocycles. The quantitative estimate of drug-likeness (QED) is 0.742. The van der Waals surface area contributed by atoms with E-state index >= 15 is 0 Å². The average Bonchev–Trinajstić information content (AvgIpc) is 2.76. The molecule has 1 aromatic rings. The predicted molar refractivity (Wildman–Crippen MR) is 50.2 cm³/mol. The van der Waals surface area contributed by atoms with Gasteiger partial charge in [-0.3, -0.25) is 5.10 Å². The van der Waals surface area contributed by atoms with Crippen molar-refractivity contribution in [3.63, 3.8) is 0 Å². The molecule has 1 aliphatic rings. The lowest BCUT2D eigenvalue weighted by Gasteiger charge is -2.04. The maximum Gasteiger partial charge on any atom is 0.0847 e. The number of aliphatic hydroxyl groups excluding tert-OH is 1. The van der Waals surface area contributed by atoms with Crippen LogP contribution in [0.4, 0.5) is 0 Å². The molecule has 0 unspecified atom stereocenters. The number of aromatic amines is 1. The fourth-order valence-corrected chi connectivity index (χ4v) is 2.11. The standard InChI is InChI=1S/C10H16N2O/c13-7-10-6-9(11-12-10)5-8-3-1-2-4-8/h6,8,13H,1-5,7H2,(H,11,12). The van der Waals surface area contributed by atoms with Crippen LogP contribution in [-0.4, -0.2) is 15.3 Å². The van der Waals surface area contributed by atoms with Gasteiger partial charge in [-0.2, -0.15) is 5.10 Å². The Morgan fingerprint density at radius 3 is 2.85 bits per heavy atom.